The lowest BCUT2D eigenvalue weighted by Gasteiger charge is -2.24. The quantitative estimate of drug-likeness (QED) is 0.396. The van der Waals surface area contributed by atoms with E-state index in [4.69, 9.17) is 18.9 Å². The Morgan fingerprint density at radius 2 is 1.43 bits per heavy atom. The molecule has 37 heavy (non-hydrogen) atoms. The van der Waals surface area contributed by atoms with Gasteiger partial charge in [0.05, 0.1) is 50.3 Å². The van der Waals surface area contributed by atoms with Gasteiger partial charge in [-0.05, 0) is 43.3 Å². The monoisotopic (exact) mass is 528 g/mol. The van der Waals surface area contributed by atoms with Crippen LogP contribution in [0.5, 0.6) is 17.2 Å². The van der Waals surface area contributed by atoms with Crippen molar-refractivity contribution in [3.05, 3.63) is 71.8 Å². The number of ether oxygens (including phenoxy) is 4. The SMILES string of the molecule is COC(=O)c1cc(OC)c(OC)cc1NC(=O)CN(c1ccc(OC)cc1)S(=O)(=O)c1ccc(C)cc1. The minimum atomic E-state index is -4.14. The van der Waals surface area contributed by atoms with Gasteiger partial charge in [0.15, 0.2) is 11.5 Å². The summed E-state index contributed by atoms with van der Waals surface area (Å²) in [6.45, 7) is 1.25. The predicted octanol–water partition coefficient (Wildman–Crippen LogP) is 3.64. The summed E-state index contributed by atoms with van der Waals surface area (Å²) in [5, 5.41) is 2.60. The smallest absolute Gasteiger partial charge is 0.340 e. The van der Waals surface area contributed by atoms with Gasteiger partial charge in [-0.15, -0.1) is 0 Å². The maximum absolute atomic E-state index is 13.6. The van der Waals surface area contributed by atoms with Gasteiger partial charge in [-0.2, -0.15) is 0 Å². The van der Waals surface area contributed by atoms with Crippen molar-refractivity contribution in [3.8, 4) is 17.2 Å². The molecule has 0 aromatic heterocycles. The van der Waals surface area contributed by atoms with Gasteiger partial charge in [-0.1, -0.05) is 17.7 Å². The molecular formula is C26H28N2O8S. The number of hydrogen-bond donors (Lipinski definition) is 1. The van der Waals surface area contributed by atoms with E-state index in [9.17, 15) is 18.0 Å². The fraction of sp³-hybridized carbons (Fsp3) is 0.231. The van der Waals surface area contributed by atoms with Gasteiger partial charge in [0.1, 0.15) is 12.3 Å². The summed E-state index contributed by atoms with van der Waals surface area (Å²) >= 11 is 0. The van der Waals surface area contributed by atoms with Crippen molar-refractivity contribution < 1.29 is 37.0 Å². The first-order valence-electron chi connectivity index (χ1n) is 11.0. The molecular weight excluding hydrogens is 500 g/mol. The number of carbonyl (C=O) groups is 2. The Kier molecular flexibility index (Phi) is 8.61. The third-order valence-corrected chi connectivity index (χ3v) is 7.25. The number of methoxy groups -OCH3 is 4. The first-order chi connectivity index (χ1) is 17.6. The zero-order valence-corrected chi connectivity index (χ0v) is 21.9. The molecule has 0 bridgehead atoms. The number of carbonyl (C=O) groups excluding carboxylic acids is 2. The lowest BCUT2D eigenvalue weighted by Crippen LogP contribution is -2.38. The molecule has 0 radical (unpaired) electrons. The number of sulfonamides is 1. The van der Waals surface area contributed by atoms with E-state index in [1.807, 2.05) is 6.92 Å². The van der Waals surface area contributed by atoms with Crippen molar-refractivity contribution in [1.82, 2.24) is 0 Å². The second-order valence-electron chi connectivity index (χ2n) is 7.82. The van der Waals surface area contributed by atoms with Crippen LogP contribution in [0.1, 0.15) is 15.9 Å². The summed E-state index contributed by atoms with van der Waals surface area (Å²) in [7, 11) is 1.36. The van der Waals surface area contributed by atoms with E-state index in [1.165, 1.54) is 64.8 Å². The Morgan fingerprint density at radius 1 is 0.838 bits per heavy atom. The van der Waals surface area contributed by atoms with Crippen molar-refractivity contribution >= 4 is 33.3 Å². The standard InChI is InChI=1S/C26H28N2O8S/c1-17-6-12-20(13-7-17)37(31,32)28(18-8-10-19(33-2)11-9-18)16-25(29)27-22-15-24(35-4)23(34-3)14-21(22)26(30)36-5/h6-15H,16H2,1-5H3,(H,27,29). The van der Waals surface area contributed by atoms with E-state index in [-0.39, 0.29) is 33.3 Å². The van der Waals surface area contributed by atoms with Crippen molar-refractivity contribution in [2.24, 2.45) is 0 Å². The molecule has 1 N–H and O–H groups in total. The molecule has 3 rings (SSSR count). The third kappa shape index (κ3) is 6.12. The molecule has 11 heteroatoms. The first-order valence-corrected chi connectivity index (χ1v) is 12.5. The van der Waals surface area contributed by atoms with Gasteiger partial charge in [-0.25, -0.2) is 13.2 Å². The molecule has 0 fully saturated rings. The maximum atomic E-state index is 13.6. The minimum absolute atomic E-state index is 0.00545. The lowest BCUT2D eigenvalue weighted by molar-refractivity contribution is -0.114. The van der Waals surface area contributed by atoms with Crippen molar-refractivity contribution in [1.29, 1.82) is 0 Å². The first kappa shape index (κ1) is 27.3. The van der Waals surface area contributed by atoms with Gasteiger partial charge in [0, 0.05) is 12.1 Å². The number of esters is 1. The van der Waals surface area contributed by atoms with Crippen LogP contribution in [0.3, 0.4) is 0 Å². The lowest BCUT2D eigenvalue weighted by atomic mass is 10.1. The molecule has 0 unspecified atom stereocenters. The number of nitrogens with zero attached hydrogens (tertiary/aromatic N) is 1. The molecule has 3 aromatic rings. The van der Waals surface area contributed by atoms with E-state index in [2.05, 4.69) is 5.32 Å². The van der Waals surface area contributed by atoms with E-state index < -0.39 is 28.4 Å². The highest BCUT2D eigenvalue weighted by molar-refractivity contribution is 7.92. The maximum Gasteiger partial charge on any atom is 0.340 e. The summed E-state index contributed by atoms with van der Waals surface area (Å²) in [4.78, 5) is 25.6. The summed E-state index contributed by atoms with van der Waals surface area (Å²) in [6.07, 6.45) is 0. The van der Waals surface area contributed by atoms with E-state index >= 15 is 0 Å². The number of hydrogen-bond acceptors (Lipinski definition) is 8. The van der Waals surface area contributed by atoms with Gasteiger partial charge in [-0.3, -0.25) is 9.10 Å². The number of rotatable bonds is 10. The molecule has 0 aliphatic carbocycles. The summed E-state index contributed by atoms with van der Waals surface area (Å²) in [6, 6.07) is 15.3. The summed E-state index contributed by atoms with van der Waals surface area (Å²) < 4.78 is 48.7. The molecule has 0 heterocycles. The topological polar surface area (TPSA) is 120 Å². The Labute approximate surface area is 215 Å². The number of nitrogens with one attached hydrogen (secondary N) is 1. The van der Waals surface area contributed by atoms with E-state index in [1.54, 1.807) is 24.3 Å². The highest BCUT2D eigenvalue weighted by Crippen LogP contribution is 2.34. The van der Waals surface area contributed by atoms with Crippen LogP contribution in [0.15, 0.2) is 65.6 Å². The molecule has 10 nitrogen and oxygen atoms in total. The highest BCUT2D eigenvalue weighted by atomic mass is 32.2. The van der Waals surface area contributed by atoms with Crippen LogP contribution in [0.4, 0.5) is 11.4 Å². The molecule has 0 saturated heterocycles. The third-order valence-electron chi connectivity index (χ3n) is 5.46. The van der Waals surface area contributed by atoms with Crippen molar-refractivity contribution in [2.75, 3.05) is 44.6 Å². The fourth-order valence-electron chi connectivity index (χ4n) is 3.48. The Morgan fingerprint density at radius 3 is 1.97 bits per heavy atom. The second kappa shape index (κ2) is 11.7. The fourth-order valence-corrected chi connectivity index (χ4v) is 4.90. The van der Waals surface area contributed by atoms with Crippen LogP contribution >= 0.6 is 0 Å². The number of aryl methyl sites for hydroxylation is 1. The largest absolute Gasteiger partial charge is 0.497 e. The zero-order chi connectivity index (χ0) is 27.2. The van der Waals surface area contributed by atoms with Crippen molar-refractivity contribution in [3.63, 3.8) is 0 Å². The highest BCUT2D eigenvalue weighted by Gasteiger charge is 2.28. The van der Waals surface area contributed by atoms with Crippen molar-refractivity contribution in [2.45, 2.75) is 11.8 Å². The van der Waals surface area contributed by atoms with Crippen LogP contribution in [-0.2, 0) is 19.6 Å². The second-order valence-corrected chi connectivity index (χ2v) is 9.68. The Hall–Kier alpha value is -4.25. The number of benzene rings is 3. The van der Waals surface area contributed by atoms with E-state index in [0.717, 1.165) is 9.87 Å². The zero-order valence-electron chi connectivity index (χ0n) is 21.1. The van der Waals surface area contributed by atoms with Gasteiger partial charge >= 0.3 is 5.97 Å². The molecule has 0 spiro atoms. The normalized spacial score (nSPS) is 10.8. The van der Waals surface area contributed by atoms with Gasteiger partial charge < -0.3 is 24.3 Å². The molecule has 0 atom stereocenters. The average molecular weight is 529 g/mol. The summed E-state index contributed by atoms with van der Waals surface area (Å²) in [5.41, 5.74) is 1.20. The van der Waals surface area contributed by atoms with Crippen LogP contribution in [0.2, 0.25) is 0 Å². The number of amides is 1. The molecule has 0 saturated carbocycles. The average Bonchev–Trinajstić information content (AvgIpc) is 2.91. The molecule has 196 valence electrons. The van der Waals surface area contributed by atoms with Gasteiger partial charge in [0.2, 0.25) is 5.91 Å². The van der Waals surface area contributed by atoms with Crippen LogP contribution in [0, 0.1) is 6.92 Å². The molecule has 3 aromatic carbocycles. The predicted molar refractivity (Wildman–Crippen MR) is 138 cm³/mol. The Bertz CT molecular complexity index is 1370. The molecule has 0 aliphatic rings. The van der Waals surface area contributed by atoms with Crippen LogP contribution in [-0.4, -0.2) is 55.3 Å². The minimum Gasteiger partial charge on any atom is -0.497 e. The Balaban J connectivity index is 2.01. The molecule has 1 amide bonds. The van der Waals surface area contributed by atoms with Crippen LogP contribution in [0.25, 0.3) is 0 Å². The number of anilines is 2. The van der Waals surface area contributed by atoms with Gasteiger partial charge in [0.25, 0.3) is 10.0 Å². The van der Waals surface area contributed by atoms with Crippen LogP contribution < -0.4 is 23.8 Å². The summed E-state index contributed by atoms with van der Waals surface area (Å²) in [5.74, 6) is -0.402. The van der Waals surface area contributed by atoms with E-state index in [0.29, 0.717) is 5.75 Å². The molecule has 0 aliphatic heterocycles.